The number of nitrogens with one attached hydrogen (secondary N) is 1. The highest BCUT2D eigenvalue weighted by molar-refractivity contribution is 5.86. The van der Waals surface area contributed by atoms with Crippen LogP contribution < -0.4 is 5.32 Å². The molecule has 0 aromatic heterocycles. The summed E-state index contributed by atoms with van der Waals surface area (Å²) in [5.41, 5.74) is 8.81. The molecule has 1 aliphatic carbocycles. The number of hydrogen-bond donors (Lipinski definition) is 1. The van der Waals surface area contributed by atoms with E-state index in [4.69, 9.17) is 0 Å². The summed E-state index contributed by atoms with van der Waals surface area (Å²) in [6.45, 7) is 5.06. The molecule has 0 atom stereocenters. The van der Waals surface area contributed by atoms with E-state index in [0.717, 1.165) is 64.6 Å². The van der Waals surface area contributed by atoms with E-state index in [1.807, 2.05) is 0 Å². The molecule has 186 valence electrons. The molecule has 1 N–H and O–H groups in total. The second-order valence-electron chi connectivity index (χ2n) is 9.84. The molecule has 2 saturated heterocycles. The topological polar surface area (TPSA) is 52.7 Å². The van der Waals surface area contributed by atoms with E-state index in [-0.39, 0.29) is 24.2 Å². The lowest BCUT2D eigenvalue weighted by molar-refractivity contribution is -0.128. The number of fused-ring (bicyclic) bond motifs is 2. The van der Waals surface area contributed by atoms with Gasteiger partial charge in [0.1, 0.15) is 0 Å². The molecule has 0 bridgehead atoms. The lowest BCUT2D eigenvalue weighted by atomic mass is 9.86. The van der Waals surface area contributed by atoms with Gasteiger partial charge in [-0.25, -0.2) is 0 Å². The van der Waals surface area contributed by atoms with Crippen LogP contribution >= 0.6 is 12.4 Å². The van der Waals surface area contributed by atoms with Crippen LogP contribution in [0.5, 0.6) is 0 Å². The molecule has 2 heterocycles. The Labute approximate surface area is 215 Å². The van der Waals surface area contributed by atoms with E-state index in [9.17, 15) is 9.59 Å². The van der Waals surface area contributed by atoms with Crippen molar-refractivity contribution >= 4 is 30.3 Å². The average Bonchev–Trinajstić information content (AvgIpc) is 3.06. The third kappa shape index (κ3) is 5.79. The number of aryl methyl sites for hydroxylation is 2. The number of likely N-dealkylation sites (tertiary alicyclic amines) is 2. The van der Waals surface area contributed by atoms with Crippen LogP contribution in [0.1, 0.15) is 47.9 Å². The number of halogens is 1. The van der Waals surface area contributed by atoms with Gasteiger partial charge in [-0.3, -0.25) is 9.59 Å². The zero-order valence-electron chi connectivity index (χ0n) is 20.4. The number of carbonyl (C=O) groups excluding carboxylic acids is 2. The molecule has 0 radical (unpaired) electrons. The maximum absolute atomic E-state index is 12.5. The molecule has 2 amide bonds. The first kappa shape index (κ1) is 25.5. The van der Waals surface area contributed by atoms with Crippen LogP contribution in [0.25, 0.3) is 5.57 Å². The molecular formula is C29H36ClN3O2. The Hall–Kier alpha value is -2.63. The van der Waals surface area contributed by atoms with Gasteiger partial charge in [0, 0.05) is 45.2 Å². The second-order valence-corrected chi connectivity index (χ2v) is 9.84. The Balaban J connectivity index is 0.00000289. The largest absolute Gasteiger partial charge is 0.355 e. The van der Waals surface area contributed by atoms with Crippen molar-refractivity contribution in [2.24, 2.45) is 5.92 Å². The molecular weight excluding hydrogens is 458 g/mol. The van der Waals surface area contributed by atoms with Crippen molar-refractivity contribution in [1.82, 2.24) is 15.1 Å². The van der Waals surface area contributed by atoms with Crippen molar-refractivity contribution in [3.8, 4) is 0 Å². The average molecular weight is 494 g/mol. The molecule has 3 aliphatic rings. The van der Waals surface area contributed by atoms with Gasteiger partial charge in [-0.1, -0.05) is 54.1 Å². The SMILES string of the molecule is Cl.O=CN1CCC(C(=O)NCCN2CCC(=C3c4ccccc4CCc4ccccc43)CC2)CC1. The third-order valence-electron chi connectivity index (χ3n) is 7.83. The molecule has 2 aromatic rings. The quantitative estimate of drug-likeness (QED) is 0.638. The molecule has 5 rings (SSSR count). The van der Waals surface area contributed by atoms with Crippen LogP contribution in [0, 0.1) is 5.92 Å². The summed E-state index contributed by atoms with van der Waals surface area (Å²) in [5.74, 6) is 0.196. The van der Waals surface area contributed by atoms with Crippen molar-refractivity contribution in [1.29, 1.82) is 0 Å². The maximum atomic E-state index is 12.5. The van der Waals surface area contributed by atoms with Crippen LogP contribution in [0.3, 0.4) is 0 Å². The summed E-state index contributed by atoms with van der Waals surface area (Å²) in [6.07, 6.45) is 6.79. The number of rotatable bonds is 5. The molecule has 2 aliphatic heterocycles. The fraction of sp³-hybridized carbons (Fsp3) is 0.448. The minimum absolute atomic E-state index is 0. The highest BCUT2D eigenvalue weighted by Gasteiger charge is 2.25. The smallest absolute Gasteiger partial charge is 0.223 e. The fourth-order valence-electron chi connectivity index (χ4n) is 5.80. The van der Waals surface area contributed by atoms with Gasteiger partial charge in [0.25, 0.3) is 0 Å². The summed E-state index contributed by atoms with van der Waals surface area (Å²) in [5, 5.41) is 3.14. The van der Waals surface area contributed by atoms with E-state index < -0.39 is 0 Å². The minimum atomic E-state index is 0. The van der Waals surface area contributed by atoms with Gasteiger partial charge < -0.3 is 15.1 Å². The zero-order valence-corrected chi connectivity index (χ0v) is 21.2. The van der Waals surface area contributed by atoms with Gasteiger partial charge in [-0.15, -0.1) is 12.4 Å². The number of hydrogen-bond acceptors (Lipinski definition) is 3. The van der Waals surface area contributed by atoms with Crippen LogP contribution in [-0.4, -0.2) is 61.4 Å². The Kier molecular flexibility index (Phi) is 8.64. The molecule has 5 nitrogen and oxygen atoms in total. The van der Waals surface area contributed by atoms with Crippen LogP contribution in [0.4, 0.5) is 0 Å². The number of carbonyl (C=O) groups is 2. The Bertz CT molecular complexity index is 1020. The van der Waals surface area contributed by atoms with Crippen LogP contribution in [-0.2, 0) is 22.4 Å². The van der Waals surface area contributed by atoms with Gasteiger partial charge in [0.2, 0.25) is 12.3 Å². The van der Waals surface area contributed by atoms with Crippen molar-refractivity contribution in [2.45, 2.75) is 38.5 Å². The predicted molar refractivity (Wildman–Crippen MR) is 143 cm³/mol. The van der Waals surface area contributed by atoms with E-state index in [2.05, 4.69) is 58.7 Å². The van der Waals surface area contributed by atoms with Crippen molar-refractivity contribution in [3.05, 3.63) is 76.4 Å². The van der Waals surface area contributed by atoms with Crippen LogP contribution in [0.15, 0.2) is 54.1 Å². The van der Waals surface area contributed by atoms with E-state index in [0.29, 0.717) is 19.6 Å². The molecule has 6 heteroatoms. The first-order chi connectivity index (χ1) is 16.7. The van der Waals surface area contributed by atoms with Gasteiger partial charge in [0.15, 0.2) is 0 Å². The Morgan fingerprint density at radius 3 is 2.00 bits per heavy atom. The monoisotopic (exact) mass is 493 g/mol. The highest BCUT2D eigenvalue weighted by atomic mass is 35.5. The first-order valence-electron chi connectivity index (χ1n) is 12.8. The zero-order chi connectivity index (χ0) is 23.3. The summed E-state index contributed by atoms with van der Waals surface area (Å²) >= 11 is 0. The first-order valence-corrected chi connectivity index (χ1v) is 12.8. The summed E-state index contributed by atoms with van der Waals surface area (Å²) in [4.78, 5) is 27.6. The van der Waals surface area contributed by atoms with Crippen molar-refractivity contribution < 1.29 is 9.59 Å². The van der Waals surface area contributed by atoms with Crippen molar-refractivity contribution in [3.63, 3.8) is 0 Å². The normalized spacial score (nSPS) is 18.7. The predicted octanol–water partition coefficient (Wildman–Crippen LogP) is 4.09. The molecule has 0 saturated carbocycles. The Morgan fingerprint density at radius 1 is 0.857 bits per heavy atom. The summed E-state index contributed by atoms with van der Waals surface area (Å²) in [7, 11) is 0. The van der Waals surface area contributed by atoms with Gasteiger partial charge in [0.05, 0.1) is 0 Å². The third-order valence-corrected chi connectivity index (χ3v) is 7.83. The van der Waals surface area contributed by atoms with Crippen LogP contribution in [0.2, 0.25) is 0 Å². The lowest BCUT2D eigenvalue weighted by Gasteiger charge is -2.31. The molecule has 2 aromatic carbocycles. The van der Waals surface area contributed by atoms with E-state index in [1.165, 1.54) is 27.8 Å². The molecule has 0 unspecified atom stereocenters. The Morgan fingerprint density at radius 2 is 1.43 bits per heavy atom. The maximum Gasteiger partial charge on any atom is 0.223 e. The number of nitrogens with zero attached hydrogens (tertiary/aromatic N) is 2. The number of amides is 2. The summed E-state index contributed by atoms with van der Waals surface area (Å²) in [6, 6.07) is 17.9. The number of benzene rings is 2. The summed E-state index contributed by atoms with van der Waals surface area (Å²) < 4.78 is 0. The minimum Gasteiger partial charge on any atom is -0.355 e. The fourth-order valence-corrected chi connectivity index (χ4v) is 5.80. The van der Waals surface area contributed by atoms with Gasteiger partial charge in [-0.05, 0) is 66.4 Å². The standard InChI is InChI=1S/C29H35N3O2.ClH/c33-21-32-18-13-25(14-19-32)29(34)30-15-20-31-16-11-24(12-17-31)28-26-7-3-1-5-22(26)9-10-23-6-2-4-8-27(23)28;/h1-8,21,25H,9-20H2,(H,30,34);1H. The van der Waals surface area contributed by atoms with E-state index >= 15 is 0 Å². The highest BCUT2D eigenvalue weighted by Crippen LogP contribution is 2.38. The van der Waals surface area contributed by atoms with Crippen molar-refractivity contribution in [2.75, 3.05) is 39.3 Å². The molecule has 2 fully saturated rings. The molecule has 35 heavy (non-hydrogen) atoms. The molecule has 0 spiro atoms. The van der Waals surface area contributed by atoms with Gasteiger partial charge in [-0.2, -0.15) is 0 Å². The van der Waals surface area contributed by atoms with Gasteiger partial charge >= 0.3 is 0 Å². The number of piperidine rings is 2. The van der Waals surface area contributed by atoms with E-state index in [1.54, 1.807) is 10.5 Å². The lowest BCUT2D eigenvalue weighted by Crippen LogP contribution is -2.43. The second kappa shape index (κ2) is 11.9.